The first-order valence-electron chi connectivity index (χ1n) is 23.5. The molecule has 6 aliphatic rings. The third kappa shape index (κ3) is 7.88. The summed E-state index contributed by atoms with van der Waals surface area (Å²) in [4.78, 5) is 83.4. The molecular weight excluding hydrogens is 855 g/mol. The van der Waals surface area contributed by atoms with Gasteiger partial charge in [-0.2, -0.15) is 5.10 Å². The van der Waals surface area contributed by atoms with E-state index in [1.165, 1.54) is 0 Å². The normalized spacial score (nSPS) is 23.9. The Morgan fingerprint density at radius 3 is 2.40 bits per heavy atom. The third-order valence-corrected chi connectivity index (χ3v) is 14.9. The Kier molecular flexibility index (Phi) is 11.0. The van der Waals surface area contributed by atoms with Crippen LogP contribution >= 0.6 is 0 Å². The lowest BCUT2D eigenvalue weighted by Crippen LogP contribution is -2.60. The van der Waals surface area contributed by atoms with Crippen LogP contribution in [0.15, 0.2) is 54.7 Å². The van der Waals surface area contributed by atoms with Crippen molar-refractivity contribution in [3.63, 3.8) is 0 Å². The van der Waals surface area contributed by atoms with Crippen molar-refractivity contribution in [2.24, 2.45) is 18.9 Å². The number of methoxy groups -OCH3 is 1. The van der Waals surface area contributed by atoms with Gasteiger partial charge < -0.3 is 23.8 Å². The number of aromatic nitrogens is 5. The Morgan fingerprint density at radius 2 is 1.58 bits per heavy atom. The van der Waals surface area contributed by atoms with Crippen LogP contribution in [0, 0.1) is 18.8 Å². The average Bonchev–Trinajstić information content (AvgIpc) is 4.09. The number of carbonyl (C=O) groups excluding carboxylic acids is 5. The fourth-order valence-electron chi connectivity index (χ4n) is 11.5. The van der Waals surface area contributed by atoms with Crippen LogP contribution in [0.25, 0.3) is 22.3 Å². The summed E-state index contributed by atoms with van der Waals surface area (Å²) in [7, 11) is 3.63. The van der Waals surface area contributed by atoms with Crippen LogP contribution in [-0.4, -0.2) is 135 Å². The van der Waals surface area contributed by atoms with E-state index < -0.39 is 29.7 Å². The van der Waals surface area contributed by atoms with E-state index in [2.05, 4.69) is 53.2 Å². The minimum absolute atomic E-state index is 0.0809. The second-order valence-corrected chi connectivity index (χ2v) is 19.1. The maximum atomic E-state index is 14.1. The summed E-state index contributed by atoms with van der Waals surface area (Å²) >= 11 is 0. The van der Waals surface area contributed by atoms with Crippen molar-refractivity contribution in [2.75, 3.05) is 68.2 Å². The van der Waals surface area contributed by atoms with Gasteiger partial charge in [-0.05, 0) is 106 Å². The van der Waals surface area contributed by atoms with Crippen LogP contribution in [0.1, 0.15) is 81.7 Å². The SMILES string of the molecule is COC[C@@H]1CN(c2ccc3nc4n(c3c2)C[C@@H]2CC[C@H](COc3c(cnn3C)-c3cc(cc(C)n3)C(=O)N4)C2)CCN1C1CCN(c2ccc3c(c2)C(=O)N(C2CCC(=O)NC2=O)C3=O)CC1. The molecule has 3 aromatic heterocycles. The average molecular weight is 910 g/mol. The summed E-state index contributed by atoms with van der Waals surface area (Å²) in [5.74, 6) is -0.293. The second kappa shape index (κ2) is 17.2. The number of imide groups is 2. The molecule has 67 heavy (non-hydrogen) atoms. The van der Waals surface area contributed by atoms with E-state index >= 15 is 0 Å². The number of carbonyl (C=O) groups is 5. The maximum Gasteiger partial charge on any atom is 0.262 e. The molecule has 1 saturated carbocycles. The van der Waals surface area contributed by atoms with Gasteiger partial charge in [-0.3, -0.25) is 49.4 Å². The Balaban J connectivity index is 0.794. The van der Waals surface area contributed by atoms with Gasteiger partial charge in [0.2, 0.25) is 23.6 Å². The number of pyridine rings is 1. The van der Waals surface area contributed by atoms with Crippen LogP contribution in [0.5, 0.6) is 5.88 Å². The quantitative estimate of drug-likeness (QED) is 0.228. The number of aryl methyl sites for hydroxylation is 2. The van der Waals surface area contributed by atoms with Gasteiger partial charge in [-0.15, -0.1) is 0 Å². The van der Waals surface area contributed by atoms with E-state index in [0.717, 1.165) is 104 Å². The molecule has 5 amide bonds. The van der Waals surface area contributed by atoms with Crippen LogP contribution in [0.4, 0.5) is 17.3 Å². The lowest BCUT2D eigenvalue weighted by atomic mass is 9.98. The van der Waals surface area contributed by atoms with Crippen molar-refractivity contribution in [1.29, 1.82) is 0 Å². The monoisotopic (exact) mass is 909 g/mol. The lowest BCUT2D eigenvalue weighted by Gasteiger charge is -2.48. The summed E-state index contributed by atoms with van der Waals surface area (Å²) < 4.78 is 16.3. The van der Waals surface area contributed by atoms with E-state index in [1.54, 1.807) is 42.3 Å². The van der Waals surface area contributed by atoms with Gasteiger partial charge >= 0.3 is 0 Å². The number of piperidine rings is 2. The third-order valence-electron chi connectivity index (χ3n) is 14.9. The molecule has 0 spiro atoms. The number of nitrogens with one attached hydrogen (secondary N) is 2. The summed E-state index contributed by atoms with van der Waals surface area (Å²) in [6, 6.07) is 14.9. The number of piperazine rings is 1. The molecule has 5 aromatic rings. The number of fused-ring (bicyclic) bond motifs is 10. The Hall–Kier alpha value is -6.66. The van der Waals surface area contributed by atoms with E-state index in [0.29, 0.717) is 65.4 Å². The number of rotatable bonds is 6. The first-order chi connectivity index (χ1) is 32.5. The molecule has 2 N–H and O–H groups in total. The number of ether oxygens (including phenoxy) is 2. The van der Waals surface area contributed by atoms with Gasteiger partial charge in [0.15, 0.2) is 0 Å². The van der Waals surface area contributed by atoms with E-state index in [4.69, 9.17) is 19.4 Å². The zero-order chi connectivity index (χ0) is 46.1. The summed E-state index contributed by atoms with van der Waals surface area (Å²) in [6.07, 6.45) is 6.91. The summed E-state index contributed by atoms with van der Waals surface area (Å²) in [5.41, 5.74) is 6.97. The minimum Gasteiger partial charge on any atom is -0.477 e. The van der Waals surface area contributed by atoms with Gasteiger partial charge in [-0.1, -0.05) is 0 Å². The first-order valence-corrected chi connectivity index (χ1v) is 23.5. The van der Waals surface area contributed by atoms with E-state index in [-0.39, 0.29) is 30.4 Å². The first kappa shape index (κ1) is 42.9. The van der Waals surface area contributed by atoms with Crippen molar-refractivity contribution in [3.05, 3.63) is 77.1 Å². The number of imidazole rings is 1. The highest BCUT2D eigenvalue weighted by Gasteiger charge is 2.45. The molecule has 1 aliphatic carbocycles. The molecule has 348 valence electrons. The number of amides is 5. The number of nitrogens with zero attached hydrogens (tertiary/aromatic N) is 9. The van der Waals surface area contributed by atoms with Crippen molar-refractivity contribution in [1.82, 2.24) is 39.4 Å². The molecule has 3 saturated heterocycles. The van der Waals surface area contributed by atoms with Gasteiger partial charge in [-0.25, -0.2) is 9.67 Å². The Labute approximate surface area is 387 Å². The zero-order valence-electron chi connectivity index (χ0n) is 38.1. The zero-order valence-corrected chi connectivity index (χ0v) is 38.1. The van der Waals surface area contributed by atoms with Crippen LogP contribution in [-0.2, 0) is 27.9 Å². The highest BCUT2D eigenvalue weighted by atomic mass is 16.5. The van der Waals surface area contributed by atoms with Gasteiger partial charge in [0.1, 0.15) is 6.04 Å². The smallest absolute Gasteiger partial charge is 0.262 e. The van der Waals surface area contributed by atoms with Crippen molar-refractivity contribution < 1.29 is 33.4 Å². The molecule has 8 heterocycles. The molecule has 5 aliphatic heterocycles. The van der Waals surface area contributed by atoms with Crippen LogP contribution < -0.4 is 25.2 Å². The van der Waals surface area contributed by atoms with E-state index in [9.17, 15) is 24.0 Å². The van der Waals surface area contributed by atoms with Crippen molar-refractivity contribution in [2.45, 2.75) is 76.5 Å². The molecular formula is C49H55N11O7. The Bertz CT molecular complexity index is 2830. The Morgan fingerprint density at radius 1 is 0.791 bits per heavy atom. The molecule has 4 fully saturated rings. The number of anilines is 3. The topological polar surface area (TPSA) is 189 Å². The fourth-order valence-corrected chi connectivity index (χ4v) is 11.5. The fraction of sp³-hybridized carbons (Fsp3) is 0.469. The maximum absolute atomic E-state index is 14.1. The lowest BCUT2D eigenvalue weighted by molar-refractivity contribution is -0.136. The highest BCUT2D eigenvalue weighted by molar-refractivity contribution is 6.23. The highest BCUT2D eigenvalue weighted by Crippen LogP contribution is 2.38. The van der Waals surface area contributed by atoms with Crippen molar-refractivity contribution in [3.8, 4) is 17.1 Å². The largest absolute Gasteiger partial charge is 0.477 e. The predicted octanol–water partition coefficient (Wildman–Crippen LogP) is 4.41. The van der Waals surface area contributed by atoms with Gasteiger partial charge in [0.25, 0.3) is 17.7 Å². The molecule has 1 unspecified atom stereocenters. The van der Waals surface area contributed by atoms with Gasteiger partial charge in [0.05, 0.1) is 58.9 Å². The van der Waals surface area contributed by atoms with E-state index in [1.807, 2.05) is 20.0 Å². The standard InChI is InChI=1S/C49H55N11O7/c1-28-18-31-20-40(51-28)38-23-50-55(2)48(38)67-26-30-5-4-29(19-30)24-59-42-22-34(7-9-39(42)52-49(59)54-44(31)62)57-16-17-58(35(25-57)27-66-3)32-12-14-56(15-13-32)33-6-8-36-37(21-33)47(65)60(46(36)64)41-10-11-43(61)53-45(41)63/h6-9,18,20-23,29-30,32,35,41H,4-5,10-17,19,24-27H2,1-3H3,(H,52,54,62)(H,53,61,63)/t29-,30+,35+,41?/m1/s1. The molecule has 18 nitrogen and oxygen atoms in total. The molecule has 2 aromatic carbocycles. The summed E-state index contributed by atoms with van der Waals surface area (Å²) in [5, 5.41) is 9.92. The molecule has 18 heteroatoms. The number of benzene rings is 2. The summed E-state index contributed by atoms with van der Waals surface area (Å²) in [6.45, 7) is 7.83. The molecule has 0 radical (unpaired) electrons. The van der Waals surface area contributed by atoms with Crippen LogP contribution in [0.3, 0.4) is 0 Å². The van der Waals surface area contributed by atoms with Gasteiger partial charge in [0, 0.05) is 88.5 Å². The van der Waals surface area contributed by atoms with Crippen LogP contribution in [0.2, 0.25) is 0 Å². The number of hydrogen-bond acceptors (Lipinski definition) is 13. The minimum atomic E-state index is -0.993. The second-order valence-electron chi connectivity index (χ2n) is 19.1. The molecule has 4 atom stereocenters. The number of hydrogen-bond donors (Lipinski definition) is 2. The van der Waals surface area contributed by atoms with Crippen molar-refractivity contribution >= 4 is 57.9 Å². The predicted molar refractivity (Wildman–Crippen MR) is 248 cm³/mol. The molecule has 11 rings (SSSR count). The molecule has 4 bridgehead atoms.